The van der Waals surface area contributed by atoms with Crippen molar-refractivity contribution in [1.29, 1.82) is 0 Å². The molecule has 0 spiro atoms. The number of carbonyl (C=O) groups is 2. The molecule has 0 aromatic heterocycles. The van der Waals surface area contributed by atoms with E-state index in [0.717, 1.165) is 0 Å². The van der Waals surface area contributed by atoms with E-state index in [-0.39, 0.29) is 12.5 Å². The highest BCUT2D eigenvalue weighted by Crippen LogP contribution is 2.24. The summed E-state index contributed by atoms with van der Waals surface area (Å²) in [7, 11) is 1.26. The Morgan fingerprint density at radius 3 is 2.68 bits per heavy atom. The third-order valence-corrected chi connectivity index (χ3v) is 2.85. The Hall–Kier alpha value is -2.48. The summed E-state index contributed by atoms with van der Waals surface area (Å²) >= 11 is 0. The first-order valence-corrected chi connectivity index (χ1v) is 5.72. The molecule has 1 heterocycles. The predicted octanol–water partition coefficient (Wildman–Crippen LogP) is 0.451. The van der Waals surface area contributed by atoms with Crippen LogP contribution in [0.5, 0.6) is 5.75 Å². The van der Waals surface area contributed by atoms with E-state index in [4.69, 9.17) is 11.2 Å². The summed E-state index contributed by atoms with van der Waals surface area (Å²) in [6.07, 6.45) is 4.63. The molecule has 5 nitrogen and oxygen atoms in total. The number of likely N-dealkylation sites (tertiary alicyclic amines) is 1. The van der Waals surface area contributed by atoms with Gasteiger partial charge in [-0.05, 0) is 12.1 Å². The number of rotatable bonds is 4. The Kier molecular flexibility index (Phi) is 3.71. The number of benzene rings is 1. The number of esters is 1. The van der Waals surface area contributed by atoms with Crippen molar-refractivity contribution in [2.24, 2.45) is 0 Å². The lowest BCUT2D eigenvalue weighted by Gasteiger charge is -2.42. The lowest BCUT2D eigenvalue weighted by atomic mass is 9.98. The van der Waals surface area contributed by atoms with Crippen LogP contribution in [-0.2, 0) is 14.3 Å². The van der Waals surface area contributed by atoms with Gasteiger partial charge in [-0.1, -0.05) is 24.1 Å². The van der Waals surface area contributed by atoms with Gasteiger partial charge in [0.05, 0.1) is 7.11 Å². The number of terminal acetylenes is 1. The van der Waals surface area contributed by atoms with Crippen LogP contribution in [0.4, 0.5) is 0 Å². The van der Waals surface area contributed by atoms with E-state index in [1.54, 1.807) is 24.3 Å². The first kappa shape index (κ1) is 13.0. The number of nitrogens with zero attached hydrogens (tertiary/aromatic N) is 1. The number of β-lactam (4-membered cyclic amide) rings is 1. The fourth-order valence-corrected chi connectivity index (χ4v) is 1.83. The third-order valence-electron chi connectivity index (χ3n) is 2.85. The molecule has 0 unspecified atom stereocenters. The highest BCUT2D eigenvalue weighted by molar-refractivity contribution is 5.93. The van der Waals surface area contributed by atoms with Gasteiger partial charge in [0.2, 0.25) is 6.10 Å². The SMILES string of the molecule is C#C[C@@H]1[C@H](Oc2ccccc2)C(=O)N1CC(=O)OC. The molecule has 1 aliphatic rings. The summed E-state index contributed by atoms with van der Waals surface area (Å²) in [6, 6.07) is 8.38. The number of ether oxygens (including phenoxy) is 2. The molecular weight excluding hydrogens is 246 g/mol. The van der Waals surface area contributed by atoms with Gasteiger partial charge in [-0.25, -0.2) is 0 Å². The summed E-state index contributed by atoms with van der Waals surface area (Å²) in [5.41, 5.74) is 0. The first-order valence-electron chi connectivity index (χ1n) is 5.72. The number of methoxy groups -OCH3 is 1. The van der Waals surface area contributed by atoms with Crippen LogP contribution in [0.3, 0.4) is 0 Å². The van der Waals surface area contributed by atoms with E-state index >= 15 is 0 Å². The molecule has 2 atom stereocenters. The van der Waals surface area contributed by atoms with E-state index < -0.39 is 18.1 Å². The van der Waals surface area contributed by atoms with E-state index in [0.29, 0.717) is 5.75 Å². The molecule has 5 heteroatoms. The molecule has 0 N–H and O–H groups in total. The van der Waals surface area contributed by atoms with Crippen molar-refractivity contribution < 1.29 is 19.1 Å². The van der Waals surface area contributed by atoms with Crippen molar-refractivity contribution in [2.45, 2.75) is 12.1 Å². The van der Waals surface area contributed by atoms with Crippen molar-refractivity contribution in [2.75, 3.05) is 13.7 Å². The topological polar surface area (TPSA) is 55.8 Å². The molecule has 0 radical (unpaired) electrons. The van der Waals surface area contributed by atoms with E-state index in [9.17, 15) is 9.59 Å². The summed E-state index contributed by atoms with van der Waals surface area (Å²) in [5.74, 6) is 2.21. The van der Waals surface area contributed by atoms with Gasteiger partial charge < -0.3 is 14.4 Å². The standard InChI is InChI=1S/C14H13NO4/c1-3-11-13(19-10-7-5-4-6-8-10)14(17)15(11)9-12(16)18-2/h1,4-8,11,13H,9H2,2H3/t11-,13+/m1/s1. The predicted molar refractivity (Wildman–Crippen MR) is 67.2 cm³/mol. The molecular formula is C14H13NO4. The first-order chi connectivity index (χ1) is 9.17. The zero-order chi connectivity index (χ0) is 13.8. The minimum Gasteiger partial charge on any atom is -0.477 e. The van der Waals surface area contributed by atoms with Crippen molar-refractivity contribution in [3.63, 3.8) is 0 Å². The minimum atomic E-state index is -0.739. The number of para-hydroxylation sites is 1. The molecule has 1 fully saturated rings. The van der Waals surface area contributed by atoms with Gasteiger partial charge in [0.1, 0.15) is 18.3 Å². The Labute approximate surface area is 111 Å². The van der Waals surface area contributed by atoms with Gasteiger partial charge in [0, 0.05) is 0 Å². The average Bonchev–Trinajstić information content (AvgIpc) is 2.46. The van der Waals surface area contributed by atoms with Crippen LogP contribution in [0.15, 0.2) is 30.3 Å². The minimum absolute atomic E-state index is 0.154. The number of hydrogen-bond acceptors (Lipinski definition) is 4. The average molecular weight is 259 g/mol. The Morgan fingerprint density at radius 2 is 2.11 bits per heavy atom. The second kappa shape index (κ2) is 5.44. The molecule has 0 aliphatic carbocycles. The number of hydrogen-bond donors (Lipinski definition) is 0. The zero-order valence-electron chi connectivity index (χ0n) is 10.4. The second-order valence-electron chi connectivity index (χ2n) is 4.01. The Balaban J connectivity index is 2.03. The van der Waals surface area contributed by atoms with E-state index in [1.165, 1.54) is 12.0 Å². The quantitative estimate of drug-likeness (QED) is 0.447. The van der Waals surface area contributed by atoms with Crippen molar-refractivity contribution >= 4 is 11.9 Å². The van der Waals surface area contributed by atoms with Gasteiger partial charge in [0.15, 0.2) is 0 Å². The van der Waals surface area contributed by atoms with Crippen molar-refractivity contribution in [3.8, 4) is 18.1 Å². The molecule has 98 valence electrons. The molecule has 0 bridgehead atoms. The zero-order valence-corrected chi connectivity index (χ0v) is 10.4. The van der Waals surface area contributed by atoms with Gasteiger partial charge in [-0.15, -0.1) is 6.42 Å². The maximum Gasteiger partial charge on any atom is 0.325 e. The highest BCUT2D eigenvalue weighted by Gasteiger charge is 2.49. The lowest BCUT2D eigenvalue weighted by Crippen LogP contribution is -2.67. The highest BCUT2D eigenvalue weighted by atomic mass is 16.5. The van der Waals surface area contributed by atoms with E-state index in [1.807, 2.05) is 6.07 Å². The molecule has 1 saturated heterocycles. The van der Waals surface area contributed by atoms with Crippen LogP contribution in [-0.4, -0.2) is 42.6 Å². The second-order valence-corrected chi connectivity index (χ2v) is 4.01. The maximum atomic E-state index is 11.9. The number of carbonyl (C=O) groups excluding carboxylic acids is 2. The normalized spacial score (nSPS) is 21.3. The molecule has 1 aromatic rings. The maximum absolute atomic E-state index is 11.9. The monoisotopic (exact) mass is 259 g/mol. The Morgan fingerprint density at radius 1 is 1.42 bits per heavy atom. The number of amides is 1. The largest absolute Gasteiger partial charge is 0.477 e. The molecule has 0 saturated carbocycles. The third kappa shape index (κ3) is 2.52. The fourth-order valence-electron chi connectivity index (χ4n) is 1.83. The van der Waals surface area contributed by atoms with Crippen LogP contribution in [0.1, 0.15) is 0 Å². The van der Waals surface area contributed by atoms with Crippen LogP contribution in [0, 0.1) is 12.3 Å². The van der Waals surface area contributed by atoms with E-state index in [2.05, 4.69) is 10.7 Å². The summed E-state index contributed by atoms with van der Waals surface area (Å²) in [5, 5.41) is 0. The van der Waals surface area contributed by atoms with Crippen LogP contribution in [0.25, 0.3) is 0 Å². The summed E-state index contributed by atoms with van der Waals surface area (Å²) < 4.78 is 10.0. The van der Waals surface area contributed by atoms with Gasteiger partial charge in [-0.3, -0.25) is 9.59 Å². The summed E-state index contributed by atoms with van der Waals surface area (Å²) in [4.78, 5) is 24.3. The molecule has 1 aliphatic heterocycles. The molecule has 1 amide bonds. The van der Waals surface area contributed by atoms with Gasteiger partial charge in [0.25, 0.3) is 5.91 Å². The molecule has 2 rings (SSSR count). The lowest BCUT2D eigenvalue weighted by molar-refractivity contribution is -0.165. The van der Waals surface area contributed by atoms with Gasteiger partial charge >= 0.3 is 5.97 Å². The van der Waals surface area contributed by atoms with Gasteiger partial charge in [-0.2, -0.15) is 0 Å². The summed E-state index contributed by atoms with van der Waals surface area (Å²) in [6.45, 7) is -0.154. The molecule has 19 heavy (non-hydrogen) atoms. The fraction of sp³-hybridized carbons (Fsp3) is 0.286. The smallest absolute Gasteiger partial charge is 0.325 e. The van der Waals surface area contributed by atoms with Crippen molar-refractivity contribution in [1.82, 2.24) is 4.90 Å². The Bertz CT molecular complexity index is 520. The van der Waals surface area contributed by atoms with Crippen molar-refractivity contribution in [3.05, 3.63) is 30.3 Å². The van der Waals surface area contributed by atoms with Crippen LogP contribution < -0.4 is 4.74 Å². The van der Waals surface area contributed by atoms with Crippen LogP contribution in [0.2, 0.25) is 0 Å². The molecule has 1 aromatic carbocycles. The van der Waals surface area contributed by atoms with Crippen LogP contribution >= 0.6 is 0 Å².